The molecule has 0 bridgehead atoms. The lowest BCUT2D eigenvalue weighted by Crippen LogP contribution is -2.30. The first-order valence-corrected chi connectivity index (χ1v) is 7.61. The van der Waals surface area contributed by atoms with Crippen molar-refractivity contribution in [2.75, 3.05) is 13.1 Å². The molecule has 1 saturated heterocycles. The summed E-state index contributed by atoms with van der Waals surface area (Å²) in [4.78, 5) is 4.80. The van der Waals surface area contributed by atoms with Crippen molar-refractivity contribution < 1.29 is 0 Å². The van der Waals surface area contributed by atoms with Gasteiger partial charge in [0.05, 0.1) is 15.2 Å². The summed E-state index contributed by atoms with van der Waals surface area (Å²) >= 11 is 1.87. The molecule has 96 valence electrons. The third-order valence-corrected chi connectivity index (χ3v) is 4.95. The van der Waals surface area contributed by atoms with Gasteiger partial charge in [0.1, 0.15) is 0 Å². The quantitative estimate of drug-likeness (QED) is 0.894. The molecular formula is C15H20N2S. The summed E-state index contributed by atoms with van der Waals surface area (Å²) in [6, 6.07) is 4.51. The Morgan fingerprint density at radius 1 is 1.33 bits per heavy atom. The van der Waals surface area contributed by atoms with E-state index in [1.807, 2.05) is 11.3 Å². The maximum atomic E-state index is 4.80. The Balaban J connectivity index is 1.84. The van der Waals surface area contributed by atoms with Crippen LogP contribution in [0.1, 0.15) is 29.0 Å². The molecule has 0 aliphatic carbocycles. The lowest BCUT2D eigenvalue weighted by atomic mass is 9.97. The Hall–Kier alpha value is -0.930. The summed E-state index contributed by atoms with van der Waals surface area (Å²) in [6.07, 6.45) is 3.80. The second-order valence-corrected chi connectivity index (χ2v) is 6.54. The first-order chi connectivity index (χ1) is 8.72. The molecule has 0 saturated carbocycles. The Kier molecular flexibility index (Phi) is 3.35. The Bertz CT molecular complexity index is 514. The number of piperidine rings is 1. The third-order valence-electron chi connectivity index (χ3n) is 3.91. The van der Waals surface area contributed by atoms with Crippen LogP contribution >= 0.6 is 11.3 Å². The van der Waals surface area contributed by atoms with Crippen molar-refractivity contribution in [1.82, 2.24) is 10.3 Å². The van der Waals surface area contributed by atoms with E-state index in [-0.39, 0.29) is 0 Å². The molecule has 18 heavy (non-hydrogen) atoms. The molecule has 2 heterocycles. The predicted molar refractivity (Wildman–Crippen MR) is 78.4 cm³/mol. The number of hydrogen-bond donors (Lipinski definition) is 1. The molecular weight excluding hydrogens is 240 g/mol. The van der Waals surface area contributed by atoms with Gasteiger partial charge in [-0.05, 0) is 69.0 Å². The lowest BCUT2D eigenvalue weighted by Gasteiger charge is -2.21. The fraction of sp³-hybridized carbons (Fsp3) is 0.533. The van der Waals surface area contributed by atoms with Gasteiger partial charge in [-0.1, -0.05) is 0 Å². The van der Waals surface area contributed by atoms with Crippen LogP contribution in [0.4, 0.5) is 0 Å². The molecule has 0 amide bonds. The topological polar surface area (TPSA) is 24.9 Å². The van der Waals surface area contributed by atoms with Gasteiger partial charge in [-0.25, -0.2) is 4.98 Å². The number of nitrogens with one attached hydrogen (secondary N) is 1. The normalized spacial score (nSPS) is 20.4. The van der Waals surface area contributed by atoms with Crippen LogP contribution < -0.4 is 5.32 Å². The molecule has 3 rings (SSSR count). The number of rotatable bonds is 2. The summed E-state index contributed by atoms with van der Waals surface area (Å²) in [7, 11) is 0. The van der Waals surface area contributed by atoms with Gasteiger partial charge in [-0.3, -0.25) is 0 Å². The van der Waals surface area contributed by atoms with Gasteiger partial charge in [-0.2, -0.15) is 0 Å². The molecule has 2 aromatic rings. The van der Waals surface area contributed by atoms with Crippen molar-refractivity contribution in [1.29, 1.82) is 0 Å². The summed E-state index contributed by atoms with van der Waals surface area (Å²) in [5.41, 5.74) is 3.90. The average molecular weight is 260 g/mol. The minimum atomic E-state index is 0.779. The van der Waals surface area contributed by atoms with Gasteiger partial charge in [-0.15, -0.1) is 11.3 Å². The molecule has 1 aliphatic rings. The standard InChI is InChI=1S/C15H20N2S/c1-10-6-13-14(7-11(10)2)18-15(17-13)8-12-4-3-5-16-9-12/h6-7,12,16H,3-5,8-9H2,1-2H3. The highest BCUT2D eigenvalue weighted by Crippen LogP contribution is 2.27. The van der Waals surface area contributed by atoms with Gasteiger partial charge in [0.25, 0.3) is 0 Å². The van der Waals surface area contributed by atoms with Crippen LogP contribution in [0.25, 0.3) is 10.2 Å². The van der Waals surface area contributed by atoms with Crippen LogP contribution in [0, 0.1) is 19.8 Å². The van der Waals surface area contributed by atoms with Crippen LogP contribution in [0.5, 0.6) is 0 Å². The van der Waals surface area contributed by atoms with Crippen molar-refractivity contribution in [2.24, 2.45) is 5.92 Å². The first-order valence-electron chi connectivity index (χ1n) is 6.80. The Morgan fingerprint density at radius 2 is 2.17 bits per heavy atom. The van der Waals surface area contributed by atoms with E-state index in [0.717, 1.165) is 18.9 Å². The second-order valence-electron chi connectivity index (χ2n) is 5.43. The Labute approximate surface area is 112 Å². The van der Waals surface area contributed by atoms with E-state index in [2.05, 4.69) is 31.3 Å². The minimum absolute atomic E-state index is 0.779. The minimum Gasteiger partial charge on any atom is -0.316 e. The summed E-state index contributed by atoms with van der Waals surface area (Å²) < 4.78 is 1.34. The van der Waals surface area contributed by atoms with E-state index in [4.69, 9.17) is 4.98 Å². The van der Waals surface area contributed by atoms with E-state index >= 15 is 0 Å². The van der Waals surface area contributed by atoms with Crippen LogP contribution in [-0.4, -0.2) is 18.1 Å². The first kappa shape index (κ1) is 12.1. The maximum absolute atomic E-state index is 4.80. The third kappa shape index (κ3) is 2.43. The lowest BCUT2D eigenvalue weighted by molar-refractivity contribution is 0.376. The number of benzene rings is 1. The number of hydrogen-bond acceptors (Lipinski definition) is 3. The van der Waals surface area contributed by atoms with E-state index in [1.54, 1.807) is 0 Å². The number of aromatic nitrogens is 1. The number of aryl methyl sites for hydroxylation is 2. The molecule has 1 N–H and O–H groups in total. The van der Waals surface area contributed by atoms with Crippen LogP contribution in [0.15, 0.2) is 12.1 Å². The largest absolute Gasteiger partial charge is 0.316 e. The van der Waals surface area contributed by atoms with E-state index in [0.29, 0.717) is 0 Å². The fourth-order valence-corrected chi connectivity index (χ4v) is 3.82. The molecule has 0 radical (unpaired) electrons. The highest BCUT2D eigenvalue weighted by molar-refractivity contribution is 7.18. The molecule has 1 atom stereocenters. The number of nitrogens with zero attached hydrogens (tertiary/aromatic N) is 1. The SMILES string of the molecule is Cc1cc2nc(CC3CCCNC3)sc2cc1C. The van der Waals surface area contributed by atoms with E-state index in [1.165, 1.54) is 45.7 Å². The summed E-state index contributed by atoms with van der Waals surface area (Å²) in [5.74, 6) is 0.779. The number of thiazole rings is 1. The zero-order chi connectivity index (χ0) is 12.5. The van der Waals surface area contributed by atoms with Crippen molar-refractivity contribution in [3.05, 3.63) is 28.3 Å². The van der Waals surface area contributed by atoms with E-state index in [9.17, 15) is 0 Å². The molecule has 1 fully saturated rings. The second kappa shape index (κ2) is 4.98. The van der Waals surface area contributed by atoms with Crippen molar-refractivity contribution >= 4 is 21.6 Å². The smallest absolute Gasteiger partial charge is 0.0941 e. The molecule has 1 aromatic carbocycles. The van der Waals surface area contributed by atoms with Crippen molar-refractivity contribution in [2.45, 2.75) is 33.1 Å². The van der Waals surface area contributed by atoms with E-state index < -0.39 is 0 Å². The highest BCUT2D eigenvalue weighted by Gasteiger charge is 2.15. The summed E-state index contributed by atoms with van der Waals surface area (Å²) in [5, 5.41) is 4.79. The van der Waals surface area contributed by atoms with Crippen LogP contribution in [0.3, 0.4) is 0 Å². The van der Waals surface area contributed by atoms with Crippen LogP contribution in [-0.2, 0) is 6.42 Å². The van der Waals surface area contributed by atoms with Gasteiger partial charge < -0.3 is 5.32 Å². The Morgan fingerprint density at radius 3 is 2.94 bits per heavy atom. The monoisotopic (exact) mass is 260 g/mol. The van der Waals surface area contributed by atoms with Gasteiger partial charge in [0, 0.05) is 6.42 Å². The van der Waals surface area contributed by atoms with Crippen molar-refractivity contribution in [3.8, 4) is 0 Å². The average Bonchev–Trinajstić information content (AvgIpc) is 2.72. The van der Waals surface area contributed by atoms with Gasteiger partial charge in [0.15, 0.2) is 0 Å². The van der Waals surface area contributed by atoms with Gasteiger partial charge >= 0.3 is 0 Å². The fourth-order valence-electron chi connectivity index (χ4n) is 2.66. The summed E-state index contributed by atoms with van der Waals surface area (Å²) in [6.45, 7) is 6.70. The zero-order valence-electron chi connectivity index (χ0n) is 11.1. The molecule has 1 aliphatic heterocycles. The van der Waals surface area contributed by atoms with Crippen LogP contribution in [0.2, 0.25) is 0 Å². The zero-order valence-corrected chi connectivity index (χ0v) is 11.9. The molecule has 2 nitrogen and oxygen atoms in total. The highest BCUT2D eigenvalue weighted by atomic mass is 32.1. The van der Waals surface area contributed by atoms with Crippen molar-refractivity contribution in [3.63, 3.8) is 0 Å². The number of fused-ring (bicyclic) bond motifs is 1. The van der Waals surface area contributed by atoms with Gasteiger partial charge in [0.2, 0.25) is 0 Å². The molecule has 3 heteroatoms. The molecule has 1 unspecified atom stereocenters. The molecule has 0 spiro atoms. The molecule has 1 aromatic heterocycles. The maximum Gasteiger partial charge on any atom is 0.0941 e. The predicted octanol–water partition coefficient (Wildman–Crippen LogP) is 3.46.